The Morgan fingerprint density at radius 1 is 1.36 bits per heavy atom. The predicted octanol–water partition coefficient (Wildman–Crippen LogP) is 2.39. The SMILES string of the molecule is O=C(O)OSc1ccccc1. The maximum atomic E-state index is 9.93. The van der Waals surface area contributed by atoms with Gasteiger partial charge in [-0.2, -0.15) is 0 Å². The van der Waals surface area contributed by atoms with Crippen LogP contribution in [0.15, 0.2) is 35.2 Å². The molecule has 0 heterocycles. The third kappa shape index (κ3) is 2.95. The second kappa shape index (κ2) is 3.88. The van der Waals surface area contributed by atoms with Crippen molar-refractivity contribution in [1.29, 1.82) is 0 Å². The number of carboxylic acid groups (broad SMARTS) is 1. The third-order valence-corrected chi connectivity index (χ3v) is 1.64. The van der Waals surface area contributed by atoms with Gasteiger partial charge < -0.3 is 9.29 Å². The van der Waals surface area contributed by atoms with E-state index in [1.807, 2.05) is 18.2 Å². The zero-order valence-corrected chi connectivity index (χ0v) is 6.38. The molecule has 0 aromatic heterocycles. The smallest absolute Gasteiger partial charge is 0.449 e. The van der Waals surface area contributed by atoms with E-state index in [2.05, 4.69) is 4.18 Å². The average Bonchev–Trinajstić information content (AvgIpc) is 2.03. The first-order chi connectivity index (χ1) is 5.29. The molecule has 1 aromatic carbocycles. The van der Waals surface area contributed by atoms with Gasteiger partial charge in [0, 0.05) is 4.90 Å². The molecule has 0 aliphatic heterocycles. The van der Waals surface area contributed by atoms with E-state index in [9.17, 15) is 4.79 Å². The van der Waals surface area contributed by atoms with Crippen molar-refractivity contribution < 1.29 is 14.1 Å². The van der Waals surface area contributed by atoms with Crippen molar-refractivity contribution in [3.05, 3.63) is 30.3 Å². The maximum Gasteiger partial charge on any atom is 0.518 e. The van der Waals surface area contributed by atoms with Gasteiger partial charge in [0.1, 0.15) is 0 Å². The summed E-state index contributed by atoms with van der Waals surface area (Å²) in [5.41, 5.74) is 0. The highest BCUT2D eigenvalue weighted by Crippen LogP contribution is 2.17. The summed E-state index contributed by atoms with van der Waals surface area (Å²) in [5, 5.41) is 8.13. The summed E-state index contributed by atoms with van der Waals surface area (Å²) in [6.07, 6.45) is -1.28. The van der Waals surface area contributed by atoms with Gasteiger partial charge in [-0.3, -0.25) is 0 Å². The van der Waals surface area contributed by atoms with Gasteiger partial charge in [-0.15, -0.1) is 0 Å². The highest BCUT2D eigenvalue weighted by Gasteiger charge is 1.98. The van der Waals surface area contributed by atoms with Crippen LogP contribution in [0.25, 0.3) is 0 Å². The minimum Gasteiger partial charge on any atom is -0.449 e. The molecule has 4 heteroatoms. The predicted molar refractivity (Wildman–Crippen MR) is 41.4 cm³/mol. The largest absolute Gasteiger partial charge is 0.518 e. The summed E-state index contributed by atoms with van der Waals surface area (Å²) < 4.78 is 4.26. The molecule has 0 aliphatic rings. The Balaban J connectivity index is 2.45. The summed E-state index contributed by atoms with van der Waals surface area (Å²) in [5.74, 6) is 0. The van der Waals surface area contributed by atoms with Crippen molar-refractivity contribution in [2.75, 3.05) is 0 Å². The lowest BCUT2D eigenvalue weighted by Gasteiger charge is -1.95. The van der Waals surface area contributed by atoms with Crippen molar-refractivity contribution in [3.8, 4) is 0 Å². The molecule has 58 valence electrons. The Kier molecular flexibility index (Phi) is 2.80. The van der Waals surface area contributed by atoms with E-state index < -0.39 is 6.16 Å². The molecule has 1 N–H and O–H groups in total. The first-order valence-electron chi connectivity index (χ1n) is 2.91. The molecule has 0 atom stereocenters. The van der Waals surface area contributed by atoms with Crippen LogP contribution in [-0.2, 0) is 4.18 Å². The fourth-order valence-electron chi connectivity index (χ4n) is 0.560. The zero-order valence-electron chi connectivity index (χ0n) is 5.56. The van der Waals surface area contributed by atoms with Crippen molar-refractivity contribution in [2.24, 2.45) is 0 Å². The van der Waals surface area contributed by atoms with Gasteiger partial charge in [0.25, 0.3) is 0 Å². The number of hydrogen-bond donors (Lipinski definition) is 1. The molecule has 0 amide bonds. The molecule has 3 nitrogen and oxygen atoms in total. The van der Waals surface area contributed by atoms with Gasteiger partial charge in [-0.25, -0.2) is 4.79 Å². The van der Waals surface area contributed by atoms with E-state index in [4.69, 9.17) is 5.11 Å². The first kappa shape index (κ1) is 7.94. The molecule has 1 rings (SSSR count). The lowest BCUT2D eigenvalue weighted by atomic mass is 10.4. The Bertz CT molecular complexity index is 235. The van der Waals surface area contributed by atoms with Crippen LogP contribution in [0.4, 0.5) is 4.79 Å². The van der Waals surface area contributed by atoms with E-state index in [0.717, 1.165) is 16.9 Å². The molecule has 1 aromatic rings. The van der Waals surface area contributed by atoms with Crippen LogP contribution in [0.2, 0.25) is 0 Å². The van der Waals surface area contributed by atoms with E-state index in [0.29, 0.717) is 0 Å². The Morgan fingerprint density at radius 2 is 2.00 bits per heavy atom. The van der Waals surface area contributed by atoms with E-state index >= 15 is 0 Å². The molecular formula is C7H6O3S. The Morgan fingerprint density at radius 3 is 2.55 bits per heavy atom. The fourth-order valence-corrected chi connectivity index (χ4v) is 0.996. The van der Waals surface area contributed by atoms with Crippen molar-refractivity contribution in [2.45, 2.75) is 4.90 Å². The monoisotopic (exact) mass is 170 g/mol. The highest BCUT2D eigenvalue weighted by molar-refractivity contribution is 7.95. The minimum absolute atomic E-state index is 0.773. The second-order valence-electron chi connectivity index (χ2n) is 1.75. The third-order valence-electron chi connectivity index (χ3n) is 0.952. The molecule has 0 saturated carbocycles. The van der Waals surface area contributed by atoms with Gasteiger partial charge in [-0.05, 0) is 12.1 Å². The highest BCUT2D eigenvalue weighted by atomic mass is 32.2. The average molecular weight is 170 g/mol. The lowest BCUT2D eigenvalue weighted by molar-refractivity contribution is 0.153. The van der Waals surface area contributed by atoms with Gasteiger partial charge >= 0.3 is 6.16 Å². The van der Waals surface area contributed by atoms with E-state index in [1.54, 1.807) is 12.1 Å². The fraction of sp³-hybridized carbons (Fsp3) is 0. The summed E-state index contributed by atoms with van der Waals surface area (Å²) in [6.45, 7) is 0. The van der Waals surface area contributed by atoms with Gasteiger partial charge in [0.05, 0.1) is 12.0 Å². The van der Waals surface area contributed by atoms with Crippen molar-refractivity contribution >= 4 is 18.2 Å². The van der Waals surface area contributed by atoms with Crippen LogP contribution in [0.5, 0.6) is 0 Å². The maximum absolute atomic E-state index is 9.93. The number of benzene rings is 1. The van der Waals surface area contributed by atoms with Crippen LogP contribution >= 0.6 is 12.0 Å². The molecule has 0 radical (unpaired) electrons. The van der Waals surface area contributed by atoms with Crippen molar-refractivity contribution in [1.82, 2.24) is 0 Å². The minimum atomic E-state index is -1.28. The molecule has 0 spiro atoms. The second-order valence-corrected chi connectivity index (χ2v) is 2.55. The molecule has 0 saturated heterocycles. The summed E-state index contributed by atoms with van der Waals surface area (Å²) >= 11 is 0.829. The van der Waals surface area contributed by atoms with Crippen molar-refractivity contribution in [3.63, 3.8) is 0 Å². The molecule has 11 heavy (non-hydrogen) atoms. The normalized spacial score (nSPS) is 9.09. The summed E-state index contributed by atoms with van der Waals surface area (Å²) in [7, 11) is 0. The number of rotatable bonds is 2. The van der Waals surface area contributed by atoms with Gasteiger partial charge in [-0.1, -0.05) is 18.2 Å². The molecule has 0 fully saturated rings. The van der Waals surface area contributed by atoms with Crippen LogP contribution in [0.1, 0.15) is 0 Å². The lowest BCUT2D eigenvalue weighted by Crippen LogP contribution is -1.90. The molecule has 0 unspecified atom stereocenters. The van der Waals surface area contributed by atoms with E-state index in [1.165, 1.54) is 0 Å². The number of carbonyl (C=O) groups is 1. The summed E-state index contributed by atoms with van der Waals surface area (Å²) in [6, 6.07) is 9.02. The zero-order chi connectivity index (χ0) is 8.10. The van der Waals surface area contributed by atoms with Gasteiger partial charge in [0.15, 0.2) is 0 Å². The first-order valence-corrected chi connectivity index (χ1v) is 3.65. The van der Waals surface area contributed by atoms with Crippen LogP contribution < -0.4 is 0 Å². The quantitative estimate of drug-likeness (QED) is 0.692. The Labute approximate surface area is 68.2 Å². The van der Waals surface area contributed by atoms with Crippen LogP contribution in [-0.4, -0.2) is 11.3 Å². The summed E-state index contributed by atoms with van der Waals surface area (Å²) in [4.78, 5) is 10.7. The molecule has 0 aliphatic carbocycles. The standard InChI is InChI=1S/C7H6O3S/c8-7(9)10-11-6-4-2-1-3-5-6/h1-5H,(H,8,9). The number of hydrogen-bond acceptors (Lipinski definition) is 3. The molecule has 0 bridgehead atoms. The van der Waals surface area contributed by atoms with Crippen LogP contribution in [0, 0.1) is 0 Å². The molecular weight excluding hydrogens is 164 g/mol. The van der Waals surface area contributed by atoms with Crippen LogP contribution in [0.3, 0.4) is 0 Å². The van der Waals surface area contributed by atoms with E-state index in [-0.39, 0.29) is 0 Å². The Hall–Kier alpha value is -1.16. The topological polar surface area (TPSA) is 46.5 Å². The van der Waals surface area contributed by atoms with Gasteiger partial charge in [0.2, 0.25) is 0 Å².